The van der Waals surface area contributed by atoms with Crippen LogP contribution in [-0.2, 0) is 4.79 Å². The van der Waals surface area contributed by atoms with Crippen LogP contribution in [0, 0.1) is 5.92 Å². The topological polar surface area (TPSA) is 17.1 Å². The molecule has 0 N–H and O–H groups in total. The fourth-order valence-corrected chi connectivity index (χ4v) is 2.53. The Labute approximate surface area is 93.9 Å². The summed E-state index contributed by atoms with van der Waals surface area (Å²) in [4.78, 5) is 11.7. The lowest BCUT2D eigenvalue weighted by molar-refractivity contribution is -0.115. The summed E-state index contributed by atoms with van der Waals surface area (Å²) in [5.74, 6) is 0.910. The van der Waals surface area contributed by atoms with Crippen molar-refractivity contribution in [2.75, 3.05) is 0 Å². The van der Waals surface area contributed by atoms with Gasteiger partial charge < -0.3 is 0 Å². The first-order valence-corrected chi connectivity index (χ1v) is 6.39. The average Bonchev–Trinajstić information content (AvgIpc) is 2.53. The molecular formula is C14H24O. The Bertz CT molecular complexity index is 250. The summed E-state index contributed by atoms with van der Waals surface area (Å²) < 4.78 is 0. The third-order valence-electron chi connectivity index (χ3n) is 3.47. The number of hydrogen-bond acceptors (Lipinski definition) is 1. The van der Waals surface area contributed by atoms with Crippen LogP contribution in [0.15, 0.2) is 11.1 Å². The Kier molecular flexibility index (Phi) is 5.07. The average molecular weight is 208 g/mol. The number of allylic oxidation sites excluding steroid dienone is 2. The highest BCUT2D eigenvalue weighted by molar-refractivity contribution is 5.98. The molecule has 0 aromatic carbocycles. The molecule has 0 bridgehead atoms. The normalized spacial score (nSPS) is 18.7. The summed E-state index contributed by atoms with van der Waals surface area (Å²) in [7, 11) is 0. The quantitative estimate of drug-likeness (QED) is 0.596. The monoisotopic (exact) mass is 208 g/mol. The predicted molar refractivity (Wildman–Crippen MR) is 64.9 cm³/mol. The molecule has 0 saturated heterocycles. The molecule has 1 nitrogen and oxygen atoms in total. The molecular weight excluding hydrogens is 184 g/mol. The van der Waals surface area contributed by atoms with Crippen molar-refractivity contribution in [3.63, 3.8) is 0 Å². The van der Waals surface area contributed by atoms with Gasteiger partial charge in [-0.1, -0.05) is 45.1 Å². The van der Waals surface area contributed by atoms with E-state index in [1.807, 2.05) is 0 Å². The van der Waals surface area contributed by atoms with Crippen LogP contribution in [0.3, 0.4) is 0 Å². The predicted octanol–water partition coefficient (Wildman–Crippen LogP) is 4.27. The van der Waals surface area contributed by atoms with Crippen molar-refractivity contribution in [2.45, 2.75) is 65.7 Å². The molecule has 0 radical (unpaired) electrons. The summed E-state index contributed by atoms with van der Waals surface area (Å²) in [6.45, 7) is 6.58. The van der Waals surface area contributed by atoms with E-state index in [1.54, 1.807) is 0 Å². The van der Waals surface area contributed by atoms with E-state index < -0.39 is 0 Å². The Hall–Kier alpha value is -0.590. The maximum atomic E-state index is 11.7. The second kappa shape index (κ2) is 6.09. The number of rotatable bonds is 6. The van der Waals surface area contributed by atoms with E-state index in [-0.39, 0.29) is 0 Å². The standard InChI is InChI=1S/C14H24O/c1-4-5-6-7-8-11(2)14-12(3)9-10-13(14)15/h11H,4-10H2,1-3H3. The molecule has 86 valence electrons. The van der Waals surface area contributed by atoms with Crippen molar-refractivity contribution in [1.29, 1.82) is 0 Å². The fourth-order valence-electron chi connectivity index (χ4n) is 2.53. The molecule has 1 heteroatoms. The van der Waals surface area contributed by atoms with Crippen LogP contribution in [0.1, 0.15) is 65.7 Å². The van der Waals surface area contributed by atoms with Crippen LogP contribution < -0.4 is 0 Å². The van der Waals surface area contributed by atoms with Crippen molar-refractivity contribution in [3.8, 4) is 0 Å². The smallest absolute Gasteiger partial charge is 0.159 e. The highest BCUT2D eigenvalue weighted by Crippen LogP contribution is 2.30. The molecule has 0 fully saturated rings. The van der Waals surface area contributed by atoms with E-state index in [0.717, 1.165) is 18.4 Å². The molecule has 1 atom stereocenters. The van der Waals surface area contributed by atoms with Gasteiger partial charge in [0, 0.05) is 6.42 Å². The minimum Gasteiger partial charge on any atom is -0.295 e. The molecule has 1 aliphatic rings. The van der Waals surface area contributed by atoms with Gasteiger partial charge >= 0.3 is 0 Å². The Morgan fingerprint density at radius 2 is 1.93 bits per heavy atom. The lowest BCUT2D eigenvalue weighted by Gasteiger charge is -2.13. The van der Waals surface area contributed by atoms with Gasteiger partial charge in [0.25, 0.3) is 0 Å². The Balaban J connectivity index is 2.36. The Morgan fingerprint density at radius 3 is 2.47 bits per heavy atom. The second-order valence-corrected chi connectivity index (χ2v) is 4.87. The number of hydrogen-bond donors (Lipinski definition) is 0. The van der Waals surface area contributed by atoms with Crippen molar-refractivity contribution in [3.05, 3.63) is 11.1 Å². The van der Waals surface area contributed by atoms with Gasteiger partial charge in [-0.05, 0) is 31.3 Å². The van der Waals surface area contributed by atoms with Crippen LogP contribution in [0.4, 0.5) is 0 Å². The summed E-state index contributed by atoms with van der Waals surface area (Å²) >= 11 is 0. The van der Waals surface area contributed by atoms with Crippen molar-refractivity contribution >= 4 is 5.78 Å². The summed E-state index contributed by atoms with van der Waals surface area (Å²) in [6, 6.07) is 0. The minimum absolute atomic E-state index is 0.412. The lowest BCUT2D eigenvalue weighted by atomic mass is 9.92. The van der Waals surface area contributed by atoms with Crippen LogP contribution in [0.2, 0.25) is 0 Å². The lowest BCUT2D eigenvalue weighted by Crippen LogP contribution is -2.07. The second-order valence-electron chi connectivity index (χ2n) is 4.87. The molecule has 1 unspecified atom stereocenters. The van der Waals surface area contributed by atoms with Gasteiger partial charge in [-0.25, -0.2) is 0 Å². The highest BCUT2D eigenvalue weighted by atomic mass is 16.1. The van der Waals surface area contributed by atoms with Gasteiger partial charge in [0.2, 0.25) is 0 Å². The Morgan fingerprint density at radius 1 is 1.20 bits per heavy atom. The van der Waals surface area contributed by atoms with Gasteiger partial charge in [-0.15, -0.1) is 0 Å². The van der Waals surface area contributed by atoms with E-state index in [1.165, 1.54) is 37.7 Å². The van der Waals surface area contributed by atoms with Crippen molar-refractivity contribution in [2.24, 2.45) is 5.92 Å². The third kappa shape index (κ3) is 3.48. The largest absolute Gasteiger partial charge is 0.295 e. The summed E-state index contributed by atoms with van der Waals surface area (Å²) in [5, 5.41) is 0. The third-order valence-corrected chi connectivity index (χ3v) is 3.47. The van der Waals surface area contributed by atoms with Gasteiger partial charge in [0.15, 0.2) is 5.78 Å². The van der Waals surface area contributed by atoms with Gasteiger partial charge in [0.05, 0.1) is 0 Å². The number of carbonyl (C=O) groups excluding carboxylic acids is 1. The zero-order chi connectivity index (χ0) is 11.3. The molecule has 0 aromatic heterocycles. The zero-order valence-corrected chi connectivity index (χ0v) is 10.4. The van der Waals surface area contributed by atoms with E-state index in [2.05, 4.69) is 20.8 Å². The molecule has 15 heavy (non-hydrogen) atoms. The van der Waals surface area contributed by atoms with E-state index in [9.17, 15) is 4.79 Å². The van der Waals surface area contributed by atoms with Gasteiger partial charge in [0.1, 0.15) is 0 Å². The van der Waals surface area contributed by atoms with Crippen LogP contribution in [0.25, 0.3) is 0 Å². The summed E-state index contributed by atoms with van der Waals surface area (Å²) in [6.07, 6.45) is 8.18. The molecule has 1 rings (SSSR count). The number of ketones is 1. The number of carbonyl (C=O) groups is 1. The minimum atomic E-state index is 0.412. The first-order chi connectivity index (χ1) is 7.16. The maximum Gasteiger partial charge on any atom is 0.159 e. The first-order valence-electron chi connectivity index (χ1n) is 6.39. The molecule has 0 aliphatic heterocycles. The molecule has 0 spiro atoms. The first kappa shape index (κ1) is 12.5. The number of unbranched alkanes of at least 4 members (excludes halogenated alkanes) is 3. The van der Waals surface area contributed by atoms with Crippen LogP contribution in [0.5, 0.6) is 0 Å². The van der Waals surface area contributed by atoms with E-state index >= 15 is 0 Å². The molecule has 0 saturated carbocycles. The van der Waals surface area contributed by atoms with E-state index in [4.69, 9.17) is 0 Å². The maximum absolute atomic E-state index is 11.7. The molecule has 0 amide bonds. The molecule has 0 heterocycles. The van der Waals surface area contributed by atoms with Crippen molar-refractivity contribution < 1.29 is 4.79 Å². The van der Waals surface area contributed by atoms with Gasteiger partial charge in [-0.3, -0.25) is 4.79 Å². The van der Waals surface area contributed by atoms with Crippen LogP contribution >= 0.6 is 0 Å². The summed E-state index contributed by atoms with van der Waals surface area (Å²) in [5.41, 5.74) is 2.51. The molecule has 1 aliphatic carbocycles. The zero-order valence-electron chi connectivity index (χ0n) is 10.4. The molecule has 0 aromatic rings. The highest BCUT2D eigenvalue weighted by Gasteiger charge is 2.24. The number of Topliss-reactive ketones (excluding diaryl/α,β-unsaturated/α-hetero) is 1. The SMILES string of the molecule is CCCCCCC(C)C1=C(C)CCC1=O. The van der Waals surface area contributed by atoms with Crippen LogP contribution in [-0.4, -0.2) is 5.78 Å². The van der Waals surface area contributed by atoms with Crippen molar-refractivity contribution in [1.82, 2.24) is 0 Å². The fraction of sp³-hybridized carbons (Fsp3) is 0.786. The van der Waals surface area contributed by atoms with Gasteiger partial charge in [-0.2, -0.15) is 0 Å². The van der Waals surface area contributed by atoms with E-state index in [0.29, 0.717) is 11.7 Å².